The molecule has 20 heavy (non-hydrogen) atoms. The second-order valence-electron chi connectivity index (χ2n) is 6.35. The van der Waals surface area contributed by atoms with Crippen molar-refractivity contribution in [3.8, 4) is 0 Å². The van der Waals surface area contributed by atoms with Crippen LogP contribution in [-0.2, 0) is 0 Å². The van der Waals surface area contributed by atoms with Crippen molar-refractivity contribution in [3.63, 3.8) is 0 Å². The van der Waals surface area contributed by atoms with Crippen LogP contribution in [0.3, 0.4) is 0 Å². The molecule has 6 heteroatoms. The molecule has 0 aliphatic carbocycles. The van der Waals surface area contributed by atoms with Crippen molar-refractivity contribution in [1.82, 2.24) is 9.80 Å². The zero-order valence-electron chi connectivity index (χ0n) is 12.8. The molecule has 0 aromatic rings. The molecule has 1 aliphatic rings. The van der Waals surface area contributed by atoms with E-state index in [4.69, 9.17) is 5.73 Å². The lowest BCUT2D eigenvalue weighted by molar-refractivity contribution is -0.137. The summed E-state index contributed by atoms with van der Waals surface area (Å²) in [7, 11) is 4.15. The zero-order chi connectivity index (χ0) is 15.4. The second kappa shape index (κ2) is 7.09. The number of nitrogens with zero attached hydrogens (tertiary/aromatic N) is 2. The van der Waals surface area contributed by atoms with Gasteiger partial charge in [-0.1, -0.05) is 0 Å². The Bertz CT molecular complexity index is 286. The van der Waals surface area contributed by atoms with Gasteiger partial charge in [0, 0.05) is 37.6 Å². The highest BCUT2D eigenvalue weighted by Gasteiger charge is 2.35. The summed E-state index contributed by atoms with van der Waals surface area (Å²) in [6.45, 7) is 4.25. The summed E-state index contributed by atoms with van der Waals surface area (Å²) in [5.41, 5.74) is 5.55. The summed E-state index contributed by atoms with van der Waals surface area (Å²) in [6, 6.07) is 0.573. The molecule has 0 saturated carbocycles. The number of rotatable bonds is 6. The van der Waals surface area contributed by atoms with E-state index in [2.05, 4.69) is 23.9 Å². The molecule has 2 N–H and O–H groups in total. The van der Waals surface area contributed by atoms with E-state index in [-0.39, 0.29) is 12.0 Å². The third kappa shape index (κ3) is 5.22. The minimum Gasteiger partial charge on any atom is -0.329 e. The first kappa shape index (κ1) is 17.7. The lowest BCUT2D eigenvalue weighted by Gasteiger charge is -2.45. The predicted octanol–water partition coefficient (Wildman–Crippen LogP) is 2.46. The average Bonchev–Trinajstić information content (AvgIpc) is 2.37. The Hall–Kier alpha value is -0.330. The standard InChI is InChI=1S/C14H28F3N3/c1-13(11-18,7-4-8-14(15,16)17)20-9-5-12(6-10-20)19(2)3/h12H,4-11,18H2,1-3H3. The third-order valence-corrected chi connectivity index (χ3v) is 4.57. The van der Waals surface area contributed by atoms with Gasteiger partial charge in [0.1, 0.15) is 0 Å². The molecule has 1 unspecified atom stereocenters. The van der Waals surface area contributed by atoms with Crippen molar-refractivity contribution < 1.29 is 13.2 Å². The van der Waals surface area contributed by atoms with E-state index in [1.165, 1.54) is 0 Å². The van der Waals surface area contributed by atoms with Crippen molar-refractivity contribution in [2.24, 2.45) is 5.73 Å². The molecule has 1 saturated heterocycles. The molecular formula is C14H28F3N3. The number of hydrogen-bond donors (Lipinski definition) is 1. The van der Waals surface area contributed by atoms with E-state index in [1.807, 2.05) is 6.92 Å². The van der Waals surface area contributed by atoms with Crippen LogP contribution < -0.4 is 5.73 Å². The van der Waals surface area contributed by atoms with Crippen LogP contribution in [0.1, 0.15) is 39.0 Å². The molecule has 0 aromatic heterocycles. The fourth-order valence-electron chi connectivity index (χ4n) is 2.98. The molecule has 1 atom stereocenters. The van der Waals surface area contributed by atoms with E-state index in [1.54, 1.807) is 0 Å². The summed E-state index contributed by atoms with van der Waals surface area (Å²) >= 11 is 0. The molecule has 0 spiro atoms. The third-order valence-electron chi connectivity index (χ3n) is 4.57. The first-order valence-corrected chi connectivity index (χ1v) is 7.36. The minimum atomic E-state index is -4.06. The molecular weight excluding hydrogens is 267 g/mol. The van der Waals surface area contributed by atoms with Crippen LogP contribution in [0.5, 0.6) is 0 Å². The normalized spacial score (nSPS) is 22.2. The SMILES string of the molecule is CN(C)C1CCN(C(C)(CN)CCCC(F)(F)F)CC1. The molecule has 1 fully saturated rings. The highest BCUT2D eigenvalue weighted by molar-refractivity contribution is 4.91. The lowest BCUT2D eigenvalue weighted by Crippen LogP contribution is -2.56. The first-order chi connectivity index (χ1) is 9.18. The highest BCUT2D eigenvalue weighted by Crippen LogP contribution is 2.29. The molecule has 3 nitrogen and oxygen atoms in total. The van der Waals surface area contributed by atoms with Crippen LogP contribution in [-0.4, -0.2) is 61.3 Å². The molecule has 0 radical (unpaired) electrons. The fourth-order valence-corrected chi connectivity index (χ4v) is 2.98. The van der Waals surface area contributed by atoms with Gasteiger partial charge in [-0.25, -0.2) is 0 Å². The van der Waals surface area contributed by atoms with Gasteiger partial charge in [-0.15, -0.1) is 0 Å². The maximum Gasteiger partial charge on any atom is 0.389 e. The Morgan fingerprint density at radius 2 is 1.70 bits per heavy atom. The quantitative estimate of drug-likeness (QED) is 0.817. The van der Waals surface area contributed by atoms with Gasteiger partial charge in [-0.3, -0.25) is 4.90 Å². The zero-order valence-corrected chi connectivity index (χ0v) is 12.8. The van der Waals surface area contributed by atoms with E-state index in [0.717, 1.165) is 25.9 Å². The molecule has 1 heterocycles. The van der Waals surface area contributed by atoms with Gasteiger partial charge >= 0.3 is 6.18 Å². The minimum absolute atomic E-state index is 0.158. The molecule has 120 valence electrons. The summed E-state index contributed by atoms with van der Waals surface area (Å²) in [5.74, 6) is 0. The lowest BCUT2D eigenvalue weighted by atomic mass is 9.89. The number of likely N-dealkylation sites (tertiary alicyclic amines) is 1. The molecule has 0 aromatic carbocycles. The average molecular weight is 295 g/mol. The Morgan fingerprint density at radius 3 is 2.10 bits per heavy atom. The number of piperidine rings is 1. The number of hydrogen-bond acceptors (Lipinski definition) is 3. The van der Waals surface area contributed by atoms with Crippen LogP contribution in [0.2, 0.25) is 0 Å². The number of alkyl halides is 3. The Morgan fingerprint density at radius 1 is 1.15 bits per heavy atom. The summed E-state index contributed by atoms with van der Waals surface area (Å²) < 4.78 is 36.8. The maximum absolute atomic E-state index is 12.3. The van der Waals surface area contributed by atoms with Crippen LogP contribution >= 0.6 is 0 Å². The molecule has 0 amide bonds. The van der Waals surface area contributed by atoms with Gasteiger partial charge in [0.05, 0.1) is 0 Å². The van der Waals surface area contributed by atoms with Crippen LogP contribution in [0.25, 0.3) is 0 Å². The van der Waals surface area contributed by atoms with Crippen molar-refractivity contribution >= 4 is 0 Å². The van der Waals surface area contributed by atoms with E-state index >= 15 is 0 Å². The van der Waals surface area contributed by atoms with Gasteiger partial charge in [-0.2, -0.15) is 13.2 Å². The number of nitrogens with two attached hydrogens (primary N) is 1. The monoisotopic (exact) mass is 295 g/mol. The largest absolute Gasteiger partial charge is 0.389 e. The number of halogens is 3. The molecule has 1 aliphatic heterocycles. The smallest absolute Gasteiger partial charge is 0.329 e. The Balaban J connectivity index is 2.48. The van der Waals surface area contributed by atoms with Crippen LogP contribution in [0.15, 0.2) is 0 Å². The summed E-state index contributed by atoms with van der Waals surface area (Å²) in [4.78, 5) is 4.50. The van der Waals surface area contributed by atoms with Gasteiger partial charge in [-0.05, 0) is 46.7 Å². The predicted molar refractivity (Wildman–Crippen MR) is 75.6 cm³/mol. The Labute approximate surface area is 120 Å². The van der Waals surface area contributed by atoms with Crippen molar-refractivity contribution in [1.29, 1.82) is 0 Å². The first-order valence-electron chi connectivity index (χ1n) is 7.36. The summed E-state index contributed by atoms with van der Waals surface area (Å²) in [5, 5.41) is 0. The van der Waals surface area contributed by atoms with E-state index in [9.17, 15) is 13.2 Å². The fraction of sp³-hybridized carbons (Fsp3) is 1.00. The van der Waals surface area contributed by atoms with Gasteiger partial charge in [0.25, 0.3) is 0 Å². The second-order valence-corrected chi connectivity index (χ2v) is 6.35. The van der Waals surface area contributed by atoms with Crippen molar-refractivity contribution in [2.75, 3.05) is 33.7 Å². The Kier molecular flexibility index (Phi) is 6.28. The van der Waals surface area contributed by atoms with E-state index < -0.39 is 12.6 Å². The van der Waals surface area contributed by atoms with Crippen molar-refractivity contribution in [2.45, 2.75) is 56.8 Å². The summed E-state index contributed by atoms with van der Waals surface area (Å²) in [6.07, 6.45) is -1.99. The van der Waals surface area contributed by atoms with E-state index in [0.29, 0.717) is 19.0 Å². The van der Waals surface area contributed by atoms with Gasteiger partial charge < -0.3 is 10.6 Å². The highest BCUT2D eigenvalue weighted by atomic mass is 19.4. The van der Waals surface area contributed by atoms with Crippen molar-refractivity contribution in [3.05, 3.63) is 0 Å². The van der Waals surface area contributed by atoms with Crippen LogP contribution in [0.4, 0.5) is 13.2 Å². The van der Waals surface area contributed by atoms with Crippen LogP contribution in [0, 0.1) is 0 Å². The topological polar surface area (TPSA) is 32.5 Å². The maximum atomic E-state index is 12.3. The molecule has 0 bridgehead atoms. The van der Waals surface area contributed by atoms with Gasteiger partial charge in [0.15, 0.2) is 0 Å². The molecule has 1 rings (SSSR count). The van der Waals surface area contributed by atoms with Gasteiger partial charge in [0.2, 0.25) is 0 Å².